The molecule has 2 rings (SSSR count). The number of aliphatic hydroxyl groups excluding tert-OH is 2. The first-order valence-corrected chi connectivity index (χ1v) is 5.57. The number of fused-ring (bicyclic) bond motifs is 1. The lowest BCUT2D eigenvalue weighted by Crippen LogP contribution is -2.23. The molecule has 0 radical (unpaired) electrons. The molecule has 2 aromatic rings. The van der Waals surface area contributed by atoms with E-state index in [1.807, 2.05) is 12.1 Å². The van der Waals surface area contributed by atoms with Crippen molar-refractivity contribution < 1.29 is 10.2 Å². The lowest BCUT2D eigenvalue weighted by molar-refractivity contribution is 0.105. The molecule has 0 spiro atoms. The molecule has 18 heavy (non-hydrogen) atoms. The van der Waals surface area contributed by atoms with Gasteiger partial charge in [0, 0.05) is 18.1 Å². The lowest BCUT2D eigenvalue weighted by atomic mass is 10.1. The van der Waals surface area contributed by atoms with Crippen LogP contribution in [0.5, 0.6) is 0 Å². The van der Waals surface area contributed by atoms with Crippen LogP contribution in [0.4, 0.5) is 5.69 Å². The summed E-state index contributed by atoms with van der Waals surface area (Å²) in [6.45, 7) is -0.124. The molecule has 0 fully saturated rings. The van der Waals surface area contributed by atoms with Crippen molar-refractivity contribution in [1.29, 1.82) is 5.26 Å². The number of rotatable bonds is 4. The Bertz CT molecular complexity index is 592. The van der Waals surface area contributed by atoms with Crippen molar-refractivity contribution in [3.8, 4) is 6.07 Å². The molecule has 1 heterocycles. The maximum Gasteiger partial charge on any atom is 0.102 e. The summed E-state index contributed by atoms with van der Waals surface area (Å²) in [7, 11) is 0. The lowest BCUT2D eigenvalue weighted by Gasteiger charge is -2.12. The molecule has 1 aromatic heterocycles. The van der Waals surface area contributed by atoms with Gasteiger partial charge in [-0.25, -0.2) is 0 Å². The molecular formula is C13H13N3O2. The van der Waals surface area contributed by atoms with Crippen molar-refractivity contribution in [2.24, 2.45) is 0 Å². The Labute approximate surface area is 104 Å². The second-order valence-corrected chi connectivity index (χ2v) is 3.89. The number of aromatic nitrogens is 1. The number of nitrogens with zero attached hydrogens (tertiary/aromatic N) is 2. The van der Waals surface area contributed by atoms with Gasteiger partial charge in [-0.05, 0) is 24.3 Å². The highest BCUT2D eigenvalue weighted by Crippen LogP contribution is 2.24. The number of anilines is 1. The van der Waals surface area contributed by atoms with E-state index < -0.39 is 6.10 Å². The molecule has 1 aromatic carbocycles. The number of aliphatic hydroxyl groups is 2. The Morgan fingerprint density at radius 3 is 2.94 bits per heavy atom. The number of nitrogens with one attached hydrogen (secondary N) is 1. The minimum absolute atomic E-state index is 0.191. The van der Waals surface area contributed by atoms with E-state index in [0.29, 0.717) is 11.3 Å². The van der Waals surface area contributed by atoms with Crippen molar-refractivity contribution in [2.45, 2.75) is 6.10 Å². The fourth-order valence-corrected chi connectivity index (χ4v) is 1.71. The predicted octanol–water partition coefficient (Wildman–Crippen LogP) is 0.872. The molecule has 0 aliphatic carbocycles. The third kappa shape index (κ3) is 2.40. The summed E-state index contributed by atoms with van der Waals surface area (Å²) in [5.74, 6) is 0. The molecule has 5 heteroatoms. The van der Waals surface area contributed by atoms with E-state index in [1.165, 1.54) is 0 Å². The zero-order valence-corrected chi connectivity index (χ0v) is 9.67. The van der Waals surface area contributed by atoms with Crippen LogP contribution in [0, 0.1) is 11.3 Å². The van der Waals surface area contributed by atoms with E-state index in [-0.39, 0.29) is 13.2 Å². The molecule has 0 aliphatic rings. The van der Waals surface area contributed by atoms with E-state index in [2.05, 4.69) is 16.4 Å². The molecule has 1 atom stereocenters. The molecule has 0 saturated heterocycles. The summed E-state index contributed by atoms with van der Waals surface area (Å²) in [6.07, 6.45) is 0.827. The molecule has 0 saturated carbocycles. The Morgan fingerprint density at radius 1 is 1.39 bits per heavy atom. The molecule has 1 unspecified atom stereocenters. The zero-order chi connectivity index (χ0) is 13.0. The normalized spacial score (nSPS) is 12.1. The van der Waals surface area contributed by atoms with Gasteiger partial charge < -0.3 is 15.5 Å². The number of hydrogen-bond donors (Lipinski definition) is 3. The molecule has 0 aliphatic heterocycles. The van der Waals surface area contributed by atoms with Gasteiger partial charge in [-0.3, -0.25) is 4.98 Å². The quantitative estimate of drug-likeness (QED) is 0.741. The summed E-state index contributed by atoms with van der Waals surface area (Å²) in [4.78, 5) is 4.17. The summed E-state index contributed by atoms with van der Waals surface area (Å²) >= 11 is 0. The average Bonchev–Trinajstić information content (AvgIpc) is 2.43. The van der Waals surface area contributed by atoms with Crippen molar-refractivity contribution in [3.05, 3.63) is 36.0 Å². The van der Waals surface area contributed by atoms with Gasteiger partial charge in [0.05, 0.1) is 29.5 Å². The van der Waals surface area contributed by atoms with E-state index in [1.54, 1.807) is 18.3 Å². The van der Waals surface area contributed by atoms with Crippen LogP contribution in [0.1, 0.15) is 5.56 Å². The van der Waals surface area contributed by atoms with Gasteiger partial charge in [-0.15, -0.1) is 0 Å². The highest BCUT2D eigenvalue weighted by molar-refractivity contribution is 5.90. The van der Waals surface area contributed by atoms with Crippen LogP contribution in [0.3, 0.4) is 0 Å². The van der Waals surface area contributed by atoms with Crippen molar-refractivity contribution >= 4 is 16.6 Å². The molecule has 5 nitrogen and oxygen atoms in total. The van der Waals surface area contributed by atoms with Crippen LogP contribution < -0.4 is 5.32 Å². The minimum Gasteiger partial charge on any atom is -0.394 e. The number of nitriles is 1. The third-order valence-electron chi connectivity index (χ3n) is 2.64. The highest BCUT2D eigenvalue weighted by Gasteiger charge is 2.09. The van der Waals surface area contributed by atoms with Crippen LogP contribution >= 0.6 is 0 Å². The monoisotopic (exact) mass is 243 g/mol. The number of benzene rings is 1. The zero-order valence-electron chi connectivity index (χ0n) is 9.67. The van der Waals surface area contributed by atoms with Gasteiger partial charge in [0.1, 0.15) is 6.07 Å². The summed E-state index contributed by atoms with van der Waals surface area (Å²) in [5.41, 5.74) is 1.87. The number of pyridine rings is 1. The fourth-order valence-electron chi connectivity index (χ4n) is 1.71. The molecule has 0 amide bonds. The Morgan fingerprint density at radius 2 is 2.22 bits per heavy atom. The van der Waals surface area contributed by atoms with Crippen LogP contribution in [-0.2, 0) is 0 Å². The van der Waals surface area contributed by atoms with E-state index >= 15 is 0 Å². The summed E-state index contributed by atoms with van der Waals surface area (Å²) in [5, 5.41) is 31.0. The number of hydrogen-bond acceptors (Lipinski definition) is 5. The first-order valence-electron chi connectivity index (χ1n) is 5.57. The topological polar surface area (TPSA) is 89.2 Å². The Balaban J connectivity index is 2.37. The molecule has 92 valence electrons. The second kappa shape index (κ2) is 5.45. The standard InChI is InChI=1S/C13H13N3O2/c14-6-11-10-2-1-5-15-12(10)3-4-13(11)16-7-9(18)8-17/h1-5,9,16-18H,7-8H2. The Kier molecular flexibility index (Phi) is 3.72. The maximum atomic E-state index is 9.29. The van der Waals surface area contributed by atoms with E-state index in [9.17, 15) is 10.4 Å². The highest BCUT2D eigenvalue weighted by atomic mass is 16.3. The largest absolute Gasteiger partial charge is 0.394 e. The van der Waals surface area contributed by atoms with Crippen LogP contribution in [-0.4, -0.2) is 34.5 Å². The summed E-state index contributed by atoms with van der Waals surface area (Å²) in [6, 6.07) is 9.29. The SMILES string of the molecule is N#Cc1c(NCC(O)CO)ccc2ncccc12. The Hall–Kier alpha value is -2.16. The minimum atomic E-state index is -0.846. The first-order chi connectivity index (χ1) is 8.76. The van der Waals surface area contributed by atoms with Gasteiger partial charge in [0.2, 0.25) is 0 Å². The van der Waals surface area contributed by atoms with Gasteiger partial charge in [-0.1, -0.05) is 0 Å². The van der Waals surface area contributed by atoms with Gasteiger partial charge >= 0.3 is 0 Å². The molecule has 3 N–H and O–H groups in total. The van der Waals surface area contributed by atoms with Crippen molar-refractivity contribution in [2.75, 3.05) is 18.5 Å². The van der Waals surface area contributed by atoms with Crippen LogP contribution in [0.15, 0.2) is 30.5 Å². The summed E-state index contributed by atoms with van der Waals surface area (Å²) < 4.78 is 0. The van der Waals surface area contributed by atoms with E-state index in [4.69, 9.17) is 5.11 Å². The van der Waals surface area contributed by atoms with Crippen LogP contribution in [0.25, 0.3) is 10.9 Å². The van der Waals surface area contributed by atoms with Gasteiger partial charge in [-0.2, -0.15) is 5.26 Å². The van der Waals surface area contributed by atoms with Gasteiger partial charge in [0.15, 0.2) is 0 Å². The maximum absolute atomic E-state index is 9.29. The van der Waals surface area contributed by atoms with Crippen molar-refractivity contribution in [3.63, 3.8) is 0 Å². The average molecular weight is 243 g/mol. The van der Waals surface area contributed by atoms with Crippen molar-refractivity contribution in [1.82, 2.24) is 4.98 Å². The first kappa shape index (κ1) is 12.3. The van der Waals surface area contributed by atoms with Gasteiger partial charge in [0.25, 0.3) is 0 Å². The predicted molar refractivity (Wildman–Crippen MR) is 68.0 cm³/mol. The second-order valence-electron chi connectivity index (χ2n) is 3.89. The molecule has 0 bridgehead atoms. The van der Waals surface area contributed by atoms with E-state index in [0.717, 1.165) is 10.9 Å². The fraction of sp³-hybridized carbons (Fsp3) is 0.231. The smallest absolute Gasteiger partial charge is 0.102 e. The molecular weight excluding hydrogens is 230 g/mol. The van der Waals surface area contributed by atoms with Crippen LogP contribution in [0.2, 0.25) is 0 Å². The third-order valence-corrected chi connectivity index (χ3v) is 2.64.